The lowest BCUT2D eigenvalue weighted by Crippen LogP contribution is -2.14. The number of aryl methyl sites for hydroxylation is 1. The van der Waals surface area contributed by atoms with Crippen LogP contribution >= 0.6 is 11.3 Å². The third kappa shape index (κ3) is 3.90. The van der Waals surface area contributed by atoms with E-state index in [9.17, 15) is 9.59 Å². The number of nitrogens with zero attached hydrogens (tertiary/aromatic N) is 1. The first-order chi connectivity index (χ1) is 14.0. The molecule has 0 saturated heterocycles. The summed E-state index contributed by atoms with van der Waals surface area (Å²) in [5, 5.41) is 5.12. The zero-order valence-electron chi connectivity index (χ0n) is 16.0. The number of ether oxygens (including phenoxy) is 1. The van der Waals surface area contributed by atoms with Gasteiger partial charge in [0.15, 0.2) is 0 Å². The number of aromatic amines is 1. The highest BCUT2D eigenvalue weighted by molar-refractivity contribution is 7.17. The number of carbonyl (C=O) groups is 1. The third-order valence-corrected chi connectivity index (χ3v) is 5.63. The second-order valence-electron chi connectivity index (χ2n) is 6.64. The average Bonchev–Trinajstić information content (AvgIpc) is 3.19. The molecule has 0 aliphatic carbocycles. The Bertz CT molecular complexity index is 1260. The number of anilines is 2. The van der Waals surface area contributed by atoms with E-state index in [1.54, 1.807) is 23.6 Å². The second-order valence-corrected chi connectivity index (χ2v) is 7.56. The fourth-order valence-corrected chi connectivity index (χ4v) is 3.73. The number of esters is 1. The Morgan fingerprint density at radius 2 is 1.90 bits per heavy atom. The van der Waals surface area contributed by atoms with Crippen LogP contribution in [0.3, 0.4) is 0 Å². The number of hydrogen-bond donors (Lipinski definition) is 2. The van der Waals surface area contributed by atoms with E-state index in [-0.39, 0.29) is 12.2 Å². The van der Waals surface area contributed by atoms with Crippen molar-refractivity contribution in [2.75, 3.05) is 5.32 Å². The van der Waals surface area contributed by atoms with Crippen LogP contribution in [0.5, 0.6) is 0 Å². The molecule has 6 nitrogen and oxygen atoms in total. The summed E-state index contributed by atoms with van der Waals surface area (Å²) >= 11 is 1.33. The molecule has 0 bridgehead atoms. The lowest BCUT2D eigenvalue weighted by molar-refractivity contribution is 0.0463. The molecule has 146 valence electrons. The minimum atomic E-state index is -0.494. The first-order valence-corrected chi connectivity index (χ1v) is 9.96. The molecule has 0 spiro atoms. The molecule has 2 N–H and O–H groups in total. The molecule has 0 saturated carbocycles. The average molecular weight is 405 g/mol. The lowest BCUT2D eigenvalue weighted by atomic mass is 10.1. The molecule has 2 aromatic heterocycles. The number of rotatable bonds is 5. The fourth-order valence-electron chi connectivity index (χ4n) is 3.00. The summed E-state index contributed by atoms with van der Waals surface area (Å²) in [5.41, 5.74) is 4.64. The molecule has 29 heavy (non-hydrogen) atoms. The summed E-state index contributed by atoms with van der Waals surface area (Å²) in [6, 6.07) is 14.9. The molecule has 4 aromatic rings. The normalized spacial score (nSPS) is 10.8. The van der Waals surface area contributed by atoms with Crippen LogP contribution in [0.2, 0.25) is 0 Å². The van der Waals surface area contributed by atoms with Crippen LogP contribution in [-0.2, 0) is 11.3 Å². The van der Waals surface area contributed by atoms with Crippen LogP contribution in [0.4, 0.5) is 11.4 Å². The number of carbonyl (C=O) groups excluding carboxylic acids is 1. The summed E-state index contributed by atoms with van der Waals surface area (Å²) in [7, 11) is 0. The van der Waals surface area contributed by atoms with Gasteiger partial charge < -0.3 is 15.0 Å². The first kappa shape index (κ1) is 18.9. The molecule has 4 rings (SSSR count). The largest absolute Gasteiger partial charge is 0.454 e. The van der Waals surface area contributed by atoms with Gasteiger partial charge in [-0.05, 0) is 54.6 Å². The van der Waals surface area contributed by atoms with Crippen LogP contribution in [0, 0.1) is 13.8 Å². The summed E-state index contributed by atoms with van der Waals surface area (Å²) in [6.45, 7) is 3.96. The molecular formula is C22H19N3O3S. The molecule has 0 aliphatic rings. The van der Waals surface area contributed by atoms with Gasteiger partial charge in [0.2, 0.25) is 0 Å². The summed E-state index contributed by atoms with van der Waals surface area (Å²) in [6.07, 6.45) is 0. The van der Waals surface area contributed by atoms with Crippen LogP contribution in [0.15, 0.2) is 58.7 Å². The lowest BCUT2D eigenvalue weighted by Gasteiger charge is -2.14. The van der Waals surface area contributed by atoms with Gasteiger partial charge in [-0.3, -0.25) is 4.79 Å². The number of aromatic nitrogens is 2. The van der Waals surface area contributed by atoms with Crippen molar-refractivity contribution in [1.29, 1.82) is 0 Å². The number of hydrogen-bond acceptors (Lipinski definition) is 6. The van der Waals surface area contributed by atoms with E-state index < -0.39 is 5.97 Å². The van der Waals surface area contributed by atoms with Gasteiger partial charge in [0.1, 0.15) is 17.1 Å². The topological polar surface area (TPSA) is 84.1 Å². The molecule has 0 unspecified atom stereocenters. The van der Waals surface area contributed by atoms with E-state index in [1.165, 1.54) is 11.3 Å². The summed E-state index contributed by atoms with van der Waals surface area (Å²) in [4.78, 5) is 31.8. The monoisotopic (exact) mass is 405 g/mol. The van der Waals surface area contributed by atoms with E-state index in [2.05, 4.69) is 15.3 Å². The smallest absolute Gasteiger partial charge is 0.340 e. The number of benzene rings is 2. The molecule has 0 amide bonds. The van der Waals surface area contributed by atoms with Crippen LogP contribution in [0.1, 0.15) is 27.3 Å². The quantitative estimate of drug-likeness (QED) is 0.470. The Labute approximate surface area is 171 Å². The predicted octanol–water partition coefficient (Wildman–Crippen LogP) is 4.70. The first-order valence-electron chi connectivity index (χ1n) is 9.09. The Kier molecular flexibility index (Phi) is 5.14. The molecular weight excluding hydrogens is 386 g/mol. The highest BCUT2D eigenvalue weighted by Gasteiger charge is 2.15. The van der Waals surface area contributed by atoms with Crippen LogP contribution in [0.25, 0.3) is 10.2 Å². The highest BCUT2D eigenvalue weighted by Crippen LogP contribution is 2.26. The Morgan fingerprint density at radius 1 is 1.10 bits per heavy atom. The molecule has 0 atom stereocenters. The molecule has 7 heteroatoms. The zero-order chi connectivity index (χ0) is 20.4. The van der Waals surface area contributed by atoms with Crippen LogP contribution < -0.4 is 10.9 Å². The SMILES string of the molecule is Cc1cccc(Nc2ccccc2C(=O)OCc2nc3ccsc3c(=O)[nH]2)c1C. The van der Waals surface area contributed by atoms with Crippen LogP contribution in [-0.4, -0.2) is 15.9 Å². The summed E-state index contributed by atoms with van der Waals surface area (Å²) < 4.78 is 5.98. The van der Waals surface area contributed by atoms with Gasteiger partial charge in [0, 0.05) is 5.69 Å². The maximum Gasteiger partial charge on any atom is 0.340 e. The molecule has 0 aliphatic heterocycles. The summed E-state index contributed by atoms with van der Waals surface area (Å²) in [5.74, 6) is -0.180. The van der Waals surface area contributed by atoms with Gasteiger partial charge in [-0.25, -0.2) is 9.78 Å². The molecule has 2 aromatic carbocycles. The standard InChI is InChI=1S/C22H19N3O3S/c1-13-6-5-9-16(14(13)2)23-17-8-4-3-7-15(17)22(27)28-12-19-24-18-10-11-29-20(18)21(26)25-19/h3-11,23H,12H2,1-2H3,(H,24,25,26). The molecule has 0 fully saturated rings. The van der Waals surface area contributed by atoms with Gasteiger partial charge in [-0.2, -0.15) is 0 Å². The maximum atomic E-state index is 12.7. The van der Waals surface area contributed by atoms with Gasteiger partial charge in [-0.1, -0.05) is 24.3 Å². The predicted molar refractivity (Wildman–Crippen MR) is 115 cm³/mol. The number of nitrogens with one attached hydrogen (secondary N) is 2. The number of H-pyrrole nitrogens is 1. The van der Waals surface area contributed by atoms with E-state index in [1.807, 2.05) is 44.2 Å². The zero-order valence-corrected chi connectivity index (χ0v) is 16.8. The second kappa shape index (κ2) is 7.89. The number of thiophene rings is 1. The number of para-hydroxylation sites is 1. The molecule has 0 radical (unpaired) electrons. The maximum absolute atomic E-state index is 12.7. The van der Waals surface area contributed by atoms with Crippen molar-refractivity contribution < 1.29 is 9.53 Å². The van der Waals surface area contributed by atoms with Crippen molar-refractivity contribution in [2.45, 2.75) is 20.5 Å². The molecule has 2 heterocycles. The van der Waals surface area contributed by atoms with Crippen molar-refractivity contribution in [2.24, 2.45) is 0 Å². The van der Waals surface area contributed by atoms with Gasteiger partial charge >= 0.3 is 5.97 Å². The van der Waals surface area contributed by atoms with Gasteiger partial charge in [0.25, 0.3) is 5.56 Å². The Morgan fingerprint density at radius 3 is 2.76 bits per heavy atom. The van der Waals surface area contributed by atoms with E-state index in [4.69, 9.17) is 4.74 Å². The van der Waals surface area contributed by atoms with Crippen molar-refractivity contribution in [1.82, 2.24) is 9.97 Å². The highest BCUT2D eigenvalue weighted by atomic mass is 32.1. The number of fused-ring (bicyclic) bond motifs is 1. The van der Waals surface area contributed by atoms with Crippen molar-refractivity contribution in [3.8, 4) is 0 Å². The van der Waals surface area contributed by atoms with E-state index >= 15 is 0 Å². The van der Waals surface area contributed by atoms with Gasteiger partial charge in [-0.15, -0.1) is 11.3 Å². The van der Waals surface area contributed by atoms with Crippen molar-refractivity contribution in [3.63, 3.8) is 0 Å². The third-order valence-electron chi connectivity index (χ3n) is 4.72. The minimum Gasteiger partial charge on any atom is -0.454 e. The van der Waals surface area contributed by atoms with E-state index in [0.717, 1.165) is 16.8 Å². The van der Waals surface area contributed by atoms with Gasteiger partial charge in [0.05, 0.1) is 16.8 Å². The van der Waals surface area contributed by atoms with Crippen molar-refractivity contribution >= 4 is 38.9 Å². The minimum absolute atomic E-state index is 0.113. The fraction of sp³-hybridized carbons (Fsp3) is 0.136. The Balaban J connectivity index is 1.54. The van der Waals surface area contributed by atoms with E-state index in [0.29, 0.717) is 27.3 Å². The Hall–Kier alpha value is -3.45. The van der Waals surface area contributed by atoms with Crippen molar-refractivity contribution in [3.05, 3.63) is 86.8 Å².